The van der Waals surface area contributed by atoms with Crippen molar-refractivity contribution in [1.29, 1.82) is 0 Å². The third-order valence-corrected chi connectivity index (χ3v) is 11.2. The van der Waals surface area contributed by atoms with Crippen molar-refractivity contribution in [3.63, 3.8) is 0 Å². The topological polar surface area (TPSA) is 184 Å². The SMILES string of the molecule is O=C1CCC(N2C(=O)c3cccc(OCCCOCCOc4ccccc4COc4ccc(-n5cc(-c6ccc7c(c6)CC/C7=N\O)c(-c6ccncc6)n5)cc4)c3C2=O)C(=O)N1. The summed E-state index contributed by atoms with van der Waals surface area (Å²) in [5.74, 6) is -0.668. The number of rotatable bonds is 16. The van der Waals surface area contributed by atoms with Crippen molar-refractivity contribution in [3.8, 4) is 45.3 Å². The zero-order valence-corrected chi connectivity index (χ0v) is 34.1. The molecule has 0 radical (unpaired) electrons. The van der Waals surface area contributed by atoms with Crippen molar-refractivity contribution in [2.24, 2.45) is 5.16 Å². The lowest BCUT2D eigenvalue weighted by Gasteiger charge is -2.27. The number of imide groups is 2. The molecule has 2 N–H and O–H groups in total. The molecule has 4 aromatic carbocycles. The van der Waals surface area contributed by atoms with Crippen LogP contribution in [0.3, 0.4) is 0 Å². The summed E-state index contributed by atoms with van der Waals surface area (Å²) in [6.45, 7) is 1.52. The molecule has 2 aromatic heterocycles. The third-order valence-electron chi connectivity index (χ3n) is 11.2. The van der Waals surface area contributed by atoms with Crippen LogP contribution < -0.4 is 19.5 Å². The number of ether oxygens (including phenoxy) is 4. The normalized spacial score (nSPS) is 16.3. The summed E-state index contributed by atoms with van der Waals surface area (Å²) in [6, 6.07) is 29.2. The van der Waals surface area contributed by atoms with Crippen LogP contribution in [0.25, 0.3) is 28.1 Å². The standard InChI is InChI=1S/C48H42N6O9/c55-43-18-17-40(46(56)50-43)54-47(57)37-6-3-8-42(44(37)48(54)58)61-24-4-23-60-25-26-62-41-7-2-1-5-33(41)29-63-35-13-11-34(12-14-35)53-28-38(45(51-53)30-19-21-49-22-20-30)32-9-15-36-31(27-32)10-16-39(36)52-59/h1-3,5-9,11-15,19-22,27-28,40,59H,4,10,16-18,23-26,29H2,(H,50,55,56)/b52-39+. The summed E-state index contributed by atoms with van der Waals surface area (Å²) in [6.07, 6.45) is 7.71. The highest BCUT2D eigenvalue weighted by Gasteiger charge is 2.46. The molecule has 1 atom stereocenters. The molecule has 3 aliphatic rings. The van der Waals surface area contributed by atoms with E-state index in [0.717, 1.165) is 56.1 Å². The molecule has 15 heteroatoms. The fourth-order valence-electron chi connectivity index (χ4n) is 8.06. The van der Waals surface area contributed by atoms with Gasteiger partial charge in [0, 0.05) is 60.3 Å². The van der Waals surface area contributed by atoms with E-state index in [4.69, 9.17) is 24.0 Å². The van der Waals surface area contributed by atoms with E-state index in [1.165, 1.54) is 6.07 Å². The second-order valence-corrected chi connectivity index (χ2v) is 15.2. The summed E-state index contributed by atoms with van der Waals surface area (Å²) in [5, 5.41) is 20.1. The number of carbonyl (C=O) groups excluding carboxylic acids is 4. The van der Waals surface area contributed by atoms with Crippen molar-refractivity contribution in [2.45, 2.75) is 44.8 Å². The molecule has 4 heterocycles. The summed E-state index contributed by atoms with van der Waals surface area (Å²) in [7, 11) is 0. The molecule has 1 saturated heterocycles. The number of amides is 4. The number of carbonyl (C=O) groups is 4. The van der Waals surface area contributed by atoms with Crippen molar-refractivity contribution >= 4 is 29.3 Å². The van der Waals surface area contributed by atoms with Crippen molar-refractivity contribution in [1.82, 2.24) is 25.0 Å². The van der Waals surface area contributed by atoms with Crippen LogP contribution in [0, 0.1) is 0 Å². The number of hydrogen-bond acceptors (Lipinski definition) is 12. The zero-order valence-electron chi connectivity index (χ0n) is 34.1. The zero-order chi connectivity index (χ0) is 43.3. The van der Waals surface area contributed by atoms with Gasteiger partial charge in [-0.25, -0.2) is 4.68 Å². The largest absolute Gasteiger partial charge is 0.493 e. The Morgan fingerprint density at radius 1 is 0.730 bits per heavy atom. The van der Waals surface area contributed by atoms with E-state index in [9.17, 15) is 24.4 Å². The lowest BCUT2D eigenvalue weighted by molar-refractivity contribution is -0.136. The predicted molar refractivity (Wildman–Crippen MR) is 229 cm³/mol. The molecule has 2 aliphatic heterocycles. The molecule has 6 aromatic rings. The van der Waals surface area contributed by atoms with Crippen molar-refractivity contribution in [3.05, 3.63) is 143 Å². The first-order valence-electron chi connectivity index (χ1n) is 20.7. The molecule has 63 heavy (non-hydrogen) atoms. The van der Waals surface area contributed by atoms with Crippen molar-refractivity contribution < 1.29 is 43.3 Å². The molecular formula is C48H42N6O9. The maximum absolute atomic E-state index is 13.3. The molecule has 4 amide bonds. The molecule has 318 valence electrons. The molecule has 15 nitrogen and oxygen atoms in total. The molecule has 0 spiro atoms. The number of pyridine rings is 1. The number of oxime groups is 1. The highest BCUT2D eigenvalue weighted by atomic mass is 16.5. The Hall–Kier alpha value is -7.65. The maximum atomic E-state index is 13.3. The molecule has 1 aliphatic carbocycles. The van der Waals surface area contributed by atoms with Crippen LogP contribution in [0.4, 0.5) is 0 Å². The van der Waals surface area contributed by atoms with Gasteiger partial charge >= 0.3 is 0 Å². The minimum absolute atomic E-state index is 0.0463. The second-order valence-electron chi connectivity index (χ2n) is 15.2. The number of nitrogens with one attached hydrogen (secondary N) is 1. The first-order valence-corrected chi connectivity index (χ1v) is 20.7. The van der Waals surface area contributed by atoms with Crippen molar-refractivity contribution in [2.75, 3.05) is 26.4 Å². The number of para-hydroxylation sites is 1. The average Bonchev–Trinajstić information content (AvgIpc) is 4.01. The number of piperidine rings is 1. The lowest BCUT2D eigenvalue weighted by atomic mass is 9.98. The van der Waals surface area contributed by atoms with E-state index in [2.05, 4.69) is 21.5 Å². The van der Waals surface area contributed by atoms with E-state index in [-0.39, 0.29) is 42.9 Å². The lowest BCUT2D eigenvalue weighted by Crippen LogP contribution is -2.54. The number of aryl methyl sites for hydroxylation is 1. The van der Waals surface area contributed by atoms with Gasteiger partial charge in [0.15, 0.2) is 0 Å². The van der Waals surface area contributed by atoms with Gasteiger partial charge in [-0.15, -0.1) is 0 Å². The molecule has 1 unspecified atom stereocenters. The van der Waals surface area contributed by atoms with Gasteiger partial charge in [-0.3, -0.25) is 34.4 Å². The van der Waals surface area contributed by atoms with Crippen LogP contribution in [0.1, 0.15) is 63.1 Å². The van der Waals surface area contributed by atoms with Gasteiger partial charge in [-0.1, -0.05) is 47.6 Å². The van der Waals surface area contributed by atoms with Gasteiger partial charge in [-0.2, -0.15) is 5.10 Å². The van der Waals surface area contributed by atoms with Gasteiger partial charge < -0.3 is 24.2 Å². The summed E-state index contributed by atoms with van der Waals surface area (Å²) in [5.41, 5.74) is 8.63. The maximum Gasteiger partial charge on any atom is 0.266 e. The highest BCUT2D eigenvalue weighted by molar-refractivity contribution is 6.24. The number of nitrogens with zero attached hydrogens (tertiary/aromatic N) is 5. The predicted octanol–water partition coefficient (Wildman–Crippen LogP) is 6.57. The third kappa shape index (κ3) is 8.50. The van der Waals surface area contributed by atoms with E-state index in [0.29, 0.717) is 49.9 Å². The van der Waals surface area contributed by atoms with Crippen LogP contribution >= 0.6 is 0 Å². The average molecular weight is 847 g/mol. The van der Waals surface area contributed by atoms with Crippen LogP contribution in [0.2, 0.25) is 0 Å². The summed E-state index contributed by atoms with van der Waals surface area (Å²) < 4.78 is 25.8. The van der Waals surface area contributed by atoms with Gasteiger partial charge in [0.1, 0.15) is 42.2 Å². The second kappa shape index (κ2) is 18.1. The fraction of sp³-hybridized carbons (Fsp3) is 0.229. The van der Waals surface area contributed by atoms with E-state index in [1.807, 2.05) is 83.7 Å². The Morgan fingerprint density at radius 3 is 2.37 bits per heavy atom. The Kier molecular flexibility index (Phi) is 11.7. The van der Waals surface area contributed by atoms with Crippen LogP contribution in [-0.4, -0.2) is 86.7 Å². The Bertz CT molecular complexity index is 2730. The minimum Gasteiger partial charge on any atom is -0.493 e. The van der Waals surface area contributed by atoms with Crippen LogP contribution in [0.15, 0.2) is 121 Å². The van der Waals surface area contributed by atoms with Gasteiger partial charge in [0.2, 0.25) is 11.8 Å². The monoisotopic (exact) mass is 846 g/mol. The minimum atomic E-state index is -1.05. The van der Waals surface area contributed by atoms with Gasteiger partial charge in [-0.05, 0) is 85.0 Å². The van der Waals surface area contributed by atoms with E-state index in [1.54, 1.807) is 24.5 Å². The molecule has 0 bridgehead atoms. The molecule has 1 fully saturated rings. The Morgan fingerprint density at radius 2 is 1.54 bits per heavy atom. The Balaban J connectivity index is 0.754. The molecule has 9 rings (SSSR count). The quantitative estimate of drug-likeness (QED) is 0.0465. The number of benzene rings is 4. The molecule has 0 saturated carbocycles. The number of aromatic nitrogens is 3. The van der Waals surface area contributed by atoms with Crippen LogP contribution in [-0.2, 0) is 27.4 Å². The molecular weight excluding hydrogens is 805 g/mol. The van der Waals surface area contributed by atoms with Crippen LogP contribution in [0.5, 0.6) is 17.2 Å². The smallest absolute Gasteiger partial charge is 0.266 e. The highest BCUT2D eigenvalue weighted by Crippen LogP contribution is 2.36. The van der Waals surface area contributed by atoms with Gasteiger partial charge in [0.25, 0.3) is 11.8 Å². The van der Waals surface area contributed by atoms with E-state index < -0.39 is 29.7 Å². The number of fused-ring (bicyclic) bond motifs is 2. The van der Waals surface area contributed by atoms with Gasteiger partial charge in [0.05, 0.1) is 35.7 Å². The summed E-state index contributed by atoms with van der Waals surface area (Å²) in [4.78, 5) is 55.5. The fourth-order valence-corrected chi connectivity index (χ4v) is 8.06. The number of hydrogen-bond donors (Lipinski definition) is 2. The Labute approximate surface area is 361 Å². The first kappa shape index (κ1) is 40.7. The summed E-state index contributed by atoms with van der Waals surface area (Å²) >= 11 is 0. The van der Waals surface area contributed by atoms with E-state index >= 15 is 0 Å². The first-order chi connectivity index (χ1) is 30.9.